The first-order valence-electron chi connectivity index (χ1n) is 10.7. The van der Waals surface area contributed by atoms with Crippen molar-refractivity contribution in [3.8, 4) is 5.75 Å². The van der Waals surface area contributed by atoms with Crippen LogP contribution in [0.3, 0.4) is 0 Å². The number of rotatable bonds is 5. The average Bonchev–Trinajstić information content (AvgIpc) is 3.13. The minimum absolute atomic E-state index is 0.00811. The highest BCUT2D eigenvalue weighted by Gasteiger charge is 2.31. The normalized spacial score (nSPS) is 14.6. The van der Waals surface area contributed by atoms with Crippen LogP contribution in [0.5, 0.6) is 5.75 Å². The number of fused-ring (bicyclic) bond motifs is 1. The van der Waals surface area contributed by atoms with Gasteiger partial charge in [-0.05, 0) is 67.3 Å². The Kier molecular flexibility index (Phi) is 6.12. The topological polar surface area (TPSA) is 70.7 Å². The maximum atomic E-state index is 13.1. The molecule has 32 heavy (non-hydrogen) atoms. The van der Waals surface area contributed by atoms with Crippen molar-refractivity contribution in [3.05, 3.63) is 89.0 Å². The predicted octanol–water partition coefficient (Wildman–Crippen LogP) is 4.92. The molecule has 0 aromatic heterocycles. The molecule has 1 heterocycles. The van der Waals surface area contributed by atoms with Crippen LogP contribution >= 0.6 is 0 Å². The number of benzene rings is 3. The summed E-state index contributed by atoms with van der Waals surface area (Å²) in [6.07, 6.45) is 0.815. The number of hydrogen-bond acceptors (Lipinski definition) is 3. The van der Waals surface area contributed by atoms with Crippen LogP contribution < -0.4 is 20.3 Å². The number of nitrogens with zero attached hydrogens (tertiary/aromatic N) is 1. The molecule has 1 aliphatic rings. The molecule has 1 aliphatic heterocycles. The highest BCUT2D eigenvalue weighted by atomic mass is 16.5. The molecule has 6 nitrogen and oxygen atoms in total. The standard InChI is InChI=1S/C26H27N3O3/c1-17-9-12-24(32-3)22(13-17)28-26(31)27-16-19-10-11-21-14-18(2)29(23(21)15-19)25(30)20-7-5-4-6-8-20/h4-13,15,18H,14,16H2,1-3H3,(H2,27,28,31)/t18-/m1/s1. The summed E-state index contributed by atoms with van der Waals surface area (Å²) < 4.78 is 5.32. The lowest BCUT2D eigenvalue weighted by atomic mass is 10.1. The lowest BCUT2D eigenvalue weighted by Gasteiger charge is -2.23. The lowest BCUT2D eigenvalue weighted by Crippen LogP contribution is -2.35. The number of nitrogens with one attached hydrogen (secondary N) is 2. The molecular weight excluding hydrogens is 402 g/mol. The third-order valence-electron chi connectivity index (χ3n) is 5.66. The van der Waals surface area contributed by atoms with Gasteiger partial charge in [0.25, 0.3) is 5.91 Å². The number of ether oxygens (including phenoxy) is 1. The van der Waals surface area contributed by atoms with Gasteiger partial charge in [-0.15, -0.1) is 0 Å². The van der Waals surface area contributed by atoms with Crippen molar-refractivity contribution in [3.63, 3.8) is 0 Å². The molecule has 0 spiro atoms. The zero-order chi connectivity index (χ0) is 22.7. The van der Waals surface area contributed by atoms with Gasteiger partial charge in [0.05, 0.1) is 12.8 Å². The summed E-state index contributed by atoms with van der Waals surface area (Å²) in [5, 5.41) is 5.73. The summed E-state index contributed by atoms with van der Waals surface area (Å²) in [5.74, 6) is 0.596. The van der Waals surface area contributed by atoms with Crippen molar-refractivity contribution in [1.29, 1.82) is 0 Å². The second-order valence-electron chi connectivity index (χ2n) is 8.07. The van der Waals surface area contributed by atoms with Gasteiger partial charge in [0.1, 0.15) is 5.75 Å². The summed E-state index contributed by atoms with van der Waals surface area (Å²) in [6, 6.07) is 20.7. The van der Waals surface area contributed by atoms with Gasteiger partial charge < -0.3 is 20.3 Å². The Morgan fingerprint density at radius 3 is 2.59 bits per heavy atom. The molecule has 4 rings (SSSR count). The zero-order valence-corrected chi connectivity index (χ0v) is 18.5. The molecule has 0 saturated heterocycles. The Morgan fingerprint density at radius 1 is 1.06 bits per heavy atom. The fourth-order valence-corrected chi connectivity index (χ4v) is 4.06. The summed E-state index contributed by atoms with van der Waals surface area (Å²) >= 11 is 0. The average molecular weight is 430 g/mol. The Labute approximate surface area is 188 Å². The second-order valence-corrected chi connectivity index (χ2v) is 8.07. The highest BCUT2D eigenvalue weighted by molar-refractivity contribution is 6.07. The van der Waals surface area contributed by atoms with E-state index < -0.39 is 0 Å². The summed E-state index contributed by atoms with van der Waals surface area (Å²) in [7, 11) is 1.57. The molecule has 2 N–H and O–H groups in total. The van der Waals surface area contributed by atoms with Crippen LogP contribution in [0.4, 0.5) is 16.2 Å². The number of carbonyl (C=O) groups excluding carboxylic acids is 2. The van der Waals surface area contributed by atoms with E-state index >= 15 is 0 Å². The van der Waals surface area contributed by atoms with E-state index in [2.05, 4.69) is 17.6 Å². The van der Waals surface area contributed by atoms with E-state index in [4.69, 9.17) is 4.74 Å². The summed E-state index contributed by atoms with van der Waals surface area (Å²) in [6.45, 7) is 4.35. The van der Waals surface area contributed by atoms with Crippen LogP contribution in [0.15, 0.2) is 66.7 Å². The van der Waals surface area contributed by atoms with E-state index in [9.17, 15) is 9.59 Å². The van der Waals surface area contributed by atoms with Gasteiger partial charge in [-0.1, -0.05) is 36.4 Å². The van der Waals surface area contributed by atoms with E-state index in [0.717, 1.165) is 28.8 Å². The van der Waals surface area contributed by atoms with E-state index in [1.54, 1.807) is 7.11 Å². The first-order chi connectivity index (χ1) is 15.5. The molecule has 3 aromatic rings. The molecule has 0 saturated carbocycles. The number of carbonyl (C=O) groups is 2. The van der Waals surface area contributed by atoms with Crippen LogP contribution in [0, 0.1) is 6.92 Å². The molecule has 3 aromatic carbocycles. The molecule has 6 heteroatoms. The SMILES string of the molecule is COc1ccc(C)cc1NC(=O)NCc1ccc2c(c1)N(C(=O)c1ccccc1)[C@H](C)C2. The van der Waals surface area contributed by atoms with E-state index in [1.165, 1.54) is 0 Å². The molecule has 0 radical (unpaired) electrons. The highest BCUT2D eigenvalue weighted by Crippen LogP contribution is 2.34. The Bertz CT molecular complexity index is 1140. The molecular formula is C26H27N3O3. The van der Waals surface area contributed by atoms with Crippen LogP contribution in [0.1, 0.15) is 34.0 Å². The zero-order valence-electron chi connectivity index (χ0n) is 18.5. The van der Waals surface area contributed by atoms with Crippen molar-refractivity contribution in [1.82, 2.24) is 5.32 Å². The van der Waals surface area contributed by atoms with Gasteiger partial charge in [0.2, 0.25) is 0 Å². The third-order valence-corrected chi connectivity index (χ3v) is 5.66. The second kappa shape index (κ2) is 9.14. The van der Waals surface area contributed by atoms with Crippen molar-refractivity contribution in [2.24, 2.45) is 0 Å². The monoisotopic (exact) mass is 429 g/mol. The molecule has 0 bridgehead atoms. The van der Waals surface area contributed by atoms with Crippen LogP contribution in [0.25, 0.3) is 0 Å². The minimum atomic E-state index is -0.319. The Hall–Kier alpha value is -3.80. The fourth-order valence-electron chi connectivity index (χ4n) is 4.06. The molecule has 1 atom stereocenters. The largest absolute Gasteiger partial charge is 0.495 e. The molecule has 0 fully saturated rings. The van der Waals surface area contributed by atoms with E-state index in [1.807, 2.05) is 78.6 Å². The van der Waals surface area contributed by atoms with Gasteiger partial charge in [0.15, 0.2) is 0 Å². The maximum absolute atomic E-state index is 13.1. The van der Waals surface area contributed by atoms with E-state index in [-0.39, 0.29) is 18.0 Å². The quantitative estimate of drug-likeness (QED) is 0.605. The lowest BCUT2D eigenvalue weighted by molar-refractivity contribution is 0.0981. The molecule has 3 amide bonds. The number of aryl methyl sites for hydroxylation is 1. The summed E-state index contributed by atoms with van der Waals surface area (Å²) in [5.41, 5.74) is 5.28. The summed E-state index contributed by atoms with van der Waals surface area (Å²) in [4.78, 5) is 27.4. The van der Waals surface area contributed by atoms with Crippen molar-refractivity contribution >= 4 is 23.3 Å². The van der Waals surface area contributed by atoms with Crippen molar-refractivity contribution in [2.75, 3.05) is 17.3 Å². The molecule has 0 unspecified atom stereocenters. The number of anilines is 2. The molecule has 0 aliphatic carbocycles. The number of methoxy groups -OCH3 is 1. The third kappa shape index (κ3) is 4.44. The first-order valence-corrected chi connectivity index (χ1v) is 10.7. The fraction of sp³-hybridized carbons (Fsp3) is 0.231. The number of urea groups is 1. The minimum Gasteiger partial charge on any atom is -0.495 e. The van der Waals surface area contributed by atoms with Gasteiger partial charge in [-0.2, -0.15) is 0 Å². The Morgan fingerprint density at radius 2 is 1.84 bits per heavy atom. The number of amides is 3. The Balaban J connectivity index is 1.47. The maximum Gasteiger partial charge on any atom is 0.319 e. The van der Waals surface area contributed by atoms with E-state index in [0.29, 0.717) is 23.5 Å². The molecule has 164 valence electrons. The predicted molar refractivity (Wildman–Crippen MR) is 126 cm³/mol. The van der Waals surface area contributed by atoms with Crippen LogP contribution in [-0.2, 0) is 13.0 Å². The van der Waals surface area contributed by atoms with Crippen LogP contribution in [0.2, 0.25) is 0 Å². The van der Waals surface area contributed by atoms with Gasteiger partial charge in [0, 0.05) is 23.8 Å². The van der Waals surface area contributed by atoms with Crippen LogP contribution in [-0.4, -0.2) is 25.1 Å². The van der Waals surface area contributed by atoms with Gasteiger partial charge in [-0.3, -0.25) is 4.79 Å². The number of hydrogen-bond donors (Lipinski definition) is 2. The van der Waals surface area contributed by atoms with Crippen molar-refractivity contribution in [2.45, 2.75) is 32.9 Å². The van der Waals surface area contributed by atoms with Gasteiger partial charge >= 0.3 is 6.03 Å². The smallest absolute Gasteiger partial charge is 0.319 e. The first kappa shape index (κ1) is 21.4. The van der Waals surface area contributed by atoms with Gasteiger partial charge in [-0.25, -0.2) is 4.79 Å². The van der Waals surface area contributed by atoms with Crippen molar-refractivity contribution < 1.29 is 14.3 Å².